The number of ether oxygens (including phenoxy) is 4. The third kappa shape index (κ3) is 7.20. The second-order valence-corrected chi connectivity index (χ2v) is 10.7. The molecule has 0 amide bonds. The van der Waals surface area contributed by atoms with E-state index < -0.39 is 28.8 Å². The van der Waals surface area contributed by atoms with Gasteiger partial charge in [0.1, 0.15) is 23.7 Å². The summed E-state index contributed by atoms with van der Waals surface area (Å²) in [6.07, 6.45) is 2.30. The zero-order valence-corrected chi connectivity index (χ0v) is 26.3. The van der Waals surface area contributed by atoms with Crippen LogP contribution in [-0.4, -0.2) is 46.3 Å². The van der Waals surface area contributed by atoms with E-state index in [4.69, 9.17) is 18.9 Å². The Morgan fingerprint density at radius 2 is 1.65 bits per heavy atom. The Morgan fingerprint density at radius 3 is 2.29 bits per heavy atom. The molecule has 13 heteroatoms. The number of rotatable bonds is 12. The molecule has 48 heavy (non-hydrogen) atoms. The molecule has 0 bridgehead atoms. The van der Waals surface area contributed by atoms with E-state index in [0.717, 1.165) is 18.2 Å². The number of carbonyl (C=O) groups is 3. The van der Waals surface area contributed by atoms with Gasteiger partial charge in [-0.15, -0.1) is 0 Å². The zero-order chi connectivity index (χ0) is 34.5. The first kappa shape index (κ1) is 33.4. The summed E-state index contributed by atoms with van der Waals surface area (Å²) in [6, 6.07) is 12.0. The molecule has 0 aliphatic rings. The number of Topliss-reactive ketones (excluding diaryl/α,β-unsaturated/α-hetero) is 2. The summed E-state index contributed by atoms with van der Waals surface area (Å²) in [6.45, 7) is 1.87. The summed E-state index contributed by atoms with van der Waals surface area (Å²) >= 11 is 0. The quantitative estimate of drug-likeness (QED) is 0.123. The van der Waals surface area contributed by atoms with Crippen molar-refractivity contribution in [2.75, 3.05) is 14.2 Å². The van der Waals surface area contributed by atoms with Gasteiger partial charge in [0.2, 0.25) is 5.43 Å². The molecule has 0 aliphatic heterocycles. The average Bonchev–Trinajstić information content (AvgIpc) is 3.05. The van der Waals surface area contributed by atoms with Gasteiger partial charge in [0.05, 0.1) is 43.1 Å². The van der Waals surface area contributed by atoms with Crippen LogP contribution in [0.5, 0.6) is 23.1 Å². The maximum atomic E-state index is 15.4. The molecule has 0 aliphatic carbocycles. The summed E-state index contributed by atoms with van der Waals surface area (Å²) in [5.74, 6) is -2.39. The van der Waals surface area contributed by atoms with Crippen molar-refractivity contribution in [3.8, 4) is 34.3 Å². The van der Waals surface area contributed by atoms with E-state index >= 15 is 4.39 Å². The fourth-order valence-electron chi connectivity index (χ4n) is 5.04. The number of hydrogen-bond acceptors (Lipinski definition) is 10. The number of methoxy groups -OCH3 is 2. The molecule has 0 radical (unpaired) electrons. The Balaban J connectivity index is 1.49. The van der Waals surface area contributed by atoms with Gasteiger partial charge in [-0.3, -0.25) is 24.2 Å². The number of nitrogens with zero attached hydrogens (tertiary/aromatic N) is 3. The third-order valence-electron chi connectivity index (χ3n) is 7.23. The van der Waals surface area contributed by atoms with Gasteiger partial charge in [0.15, 0.2) is 28.8 Å². The molecular weight excluding hydrogens is 628 g/mol. The van der Waals surface area contributed by atoms with Gasteiger partial charge >= 0.3 is 5.97 Å². The fraction of sp³-hybridized carbons (Fsp3) is 0.200. The van der Waals surface area contributed by atoms with Crippen LogP contribution < -0.4 is 19.6 Å². The summed E-state index contributed by atoms with van der Waals surface area (Å²) in [7, 11) is 2.88. The van der Waals surface area contributed by atoms with Crippen LogP contribution in [-0.2, 0) is 33.9 Å². The van der Waals surface area contributed by atoms with Gasteiger partial charge in [-0.25, -0.2) is 13.8 Å². The Hall–Kier alpha value is -5.98. The van der Waals surface area contributed by atoms with Crippen LogP contribution in [0, 0.1) is 11.6 Å². The van der Waals surface area contributed by atoms with Gasteiger partial charge in [-0.1, -0.05) is 18.2 Å². The molecular formula is C35H29F2N3O8. The number of esters is 1. The van der Waals surface area contributed by atoms with Gasteiger partial charge in [0, 0.05) is 37.9 Å². The lowest BCUT2D eigenvalue weighted by molar-refractivity contribution is -0.142. The Morgan fingerprint density at radius 1 is 0.896 bits per heavy atom. The maximum absolute atomic E-state index is 15.4. The van der Waals surface area contributed by atoms with Crippen LogP contribution in [0.15, 0.2) is 71.8 Å². The number of ketones is 2. The molecule has 0 spiro atoms. The fourth-order valence-corrected chi connectivity index (χ4v) is 5.04. The second-order valence-electron chi connectivity index (χ2n) is 10.7. The second kappa shape index (κ2) is 14.2. The Labute approximate surface area is 272 Å². The average molecular weight is 658 g/mol. The van der Waals surface area contributed by atoms with Crippen molar-refractivity contribution in [2.45, 2.75) is 33.4 Å². The van der Waals surface area contributed by atoms with Crippen molar-refractivity contribution >= 4 is 28.6 Å². The number of fused-ring (bicyclic) bond motifs is 1. The molecule has 0 saturated carbocycles. The van der Waals surface area contributed by atoms with E-state index in [-0.39, 0.29) is 70.7 Å². The minimum absolute atomic E-state index is 0.0364. The molecule has 3 aromatic heterocycles. The highest BCUT2D eigenvalue weighted by Gasteiger charge is 2.23. The molecule has 5 aromatic rings. The predicted molar refractivity (Wildman–Crippen MR) is 169 cm³/mol. The lowest BCUT2D eigenvalue weighted by Crippen LogP contribution is -2.26. The Bertz CT molecular complexity index is 2110. The van der Waals surface area contributed by atoms with E-state index in [0.29, 0.717) is 16.8 Å². The number of carbonyl (C=O) groups excluding carboxylic acids is 3. The van der Waals surface area contributed by atoms with Crippen molar-refractivity contribution < 1.29 is 42.1 Å². The van der Waals surface area contributed by atoms with E-state index in [1.54, 1.807) is 6.07 Å². The molecule has 0 N–H and O–H groups in total. The van der Waals surface area contributed by atoms with E-state index in [2.05, 4.69) is 9.97 Å². The van der Waals surface area contributed by atoms with Gasteiger partial charge in [-0.2, -0.15) is 0 Å². The Kier molecular flexibility index (Phi) is 9.88. The van der Waals surface area contributed by atoms with Crippen molar-refractivity contribution in [3.63, 3.8) is 0 Å². The van der Waals surface area contributed by atoms with Crippen LogP contribution in [0.1, 0.15) is 35.5 Å². The molecule has 0 atom stereocenters. The molecule has 2 aromatic carbocycles. The van der Waals surface area contributed by atoms with Crippen molar-refractivity contribution in [2.24, 2.45) is 0 Å². The highest BCUT2D eigenvalue weighted by atomic mass is 19.1. The normalized spacial score (nSPS) is 10.9. The summed E-state index contributed by atoms with van der Waals surface area (Å²) in [4.78, 5) is 59.9. The van der Waals surface area contributed by atoms with Crippen LogP contribution in [0.2, 0.25) is 0 Å². The highest BCUT2D eigenvalue weighted by Crippen LogP contribution is 2.35. The van der Waals surface area contributed by atoms with Gasteiger partial charge < -0.3 is 23.5 Å². The van der Waals surface area contributed by atoms with E-state index in [1.807, 2.05) is 0 Å². The van der Waals surface area contributed by atoms with Crippen LogP contribution in [0.4, 0.5) is 8.78 Å². The molecule has 0 fully saturated rings. The summed E-state index contributed by atoms with van der Waals surface area (Å²) < 4.78 is 52.0. The topological polar surface area (TPSA) is 136 Å². The lowest BCUT2D eigenvalue weighted by atomic mass is 9.97. The first-order valence-electron chi connectivity index (χ1n) is 14.5. The van der Waals surface area contributed by atoms with Crippen molar-refractivity contribution in [1.29, 1.82) is 0 Å². The number of aromatic nitrogens is 3. The molecule has 0 saturated heterocycles. The van der Waals surface area contributed by atoms with Gasteiger partial charge in [-0.05, 0) is 42.3 Å². The molecule has 5 rings (SSSR count). The monoisotopic (exact) mass is 657 g/mol. The predicted octanol–water partition coefficient (Wildman–Crippen LogP) is 5.62. The van der Waals surface area contributed by atoms with E-state index in [1.165, 1.54) is 75.4 Å². The number of pyridine rings is 3. The van der Waals surface area contributed by atoms with Gasteiger partial charge in [0.25, 0.3) is 5.88 Å². The lowest BCUT2D eigenvalue weighted by Gasteiger charge is -2.18. The number of halogens is 2. The zero-order valence-electron chi connectivity index (χ0n) is 26.3. The third-order valence-corrected chi connectivity index (χ3v) is 7.23. The minimum Gasteiger partial charge on any atom is -0.491 e. The summed E-state index contributed by atoms with van der Waals surface area (Å²) in [5, 5.41) is 0. The summed E-state index contributed by atoms with van der Waals surface area (Å²) in [5.41, 5.74) is 0.295. The van der Waals surface area contributed by atoms with Crippen LogP contribution in [0.25, 0.3) is 22.2 Å². The number of hydrogen-bond donors (Lipinski definition) is 0. The first-order chi connectivity index (χ1) is 23.0. The molecule has 0 unspecified atom stereocenters. The largest absolute Gasteiger partial charge is 0.491 e. The van der Waals surface area contributed by atoms with Crippen molar-refractivity contribution in [3.05, 3.63) is 106 Å². The maximum Gasteiger partial charge on any atom is 0.303 e. The van der Waals surface area contributed by atoms with E-state index in [9.17, 15) is 23.6 Å². The standard InChI is InChI=1S/C35H29F2N3O8/c1-19(41)16-40-17-24(34(44)32(27(40)18-47-20(2)42)22-6-8-23(36)9-7-22)28(43)14-21-5-10-29(25(37)13-21)48-30-11-12-38-26-15-31(45-3)35(46-4)39-33(26)30/h5-13,15,17H,14,16,18H2,1-4H3. The first-order valence-corrected chi connectivity index (χ1v) is 14.5. The molecule has 246 valence electrons. The molecule has 3 heterocycles. The smallest absolute Gasteiger partial charge is 0.303 e. The van der Waals surface area contributed by atoms with Crippen LogP contribution >= 0.6 is 0 Å². The molecule has 11 nitrogen and oxygen atoms in total. The number of benzene rings is 2. The van der Waals surface area contributed by atoms with Crippen LogP contribution in [0.3, 0.4) is 0 Å². The SMILES string of the molecule is COc1cc2nccc(Oc3ccc(CC(=O)c4cn(CC(C)=O)c(COC(C)=O)c(-c5ccc(F)cc5)c4=O)cc3F)c2nc1OC. The van der Waals surface area contributed by atoms with Crippen molar-refractivity contribution in [1.82, 2.24) is 14.5 Å². The highest BCUT2D eigenvalue weighted by molar-refractivity contribution is 5.98. The minimum atomic E-state index is -0.788.